The van der Waals surface area contributed by atoms with Gasteiger partial charge in [-0.3, -0.25) is 4.40 Å². The van der Waals surface area contributed by atoms with E-state index in [1.54, 1.807) is 11.3 Å². The molecule has 2 nitrogen and oxygen atoms in total. The van der Waals surface area contributed by atoms with E-state index in [-0.39, 0.29) is 0 Å². The fourth-order valence-corrected chi connectivity index (χ4v) is 4.05. The molecule has 0 fully saturated rings. The summed E-state index contributed by atoms with van der Waals surface area (Å²) in [6.07, 6.45) is 2.07. The minimum Gasteiger partial charge on any atom is -0.290 e. The molecule has 2 heterocycles. The lowest BCUT2D eigenvalue weighted by Gasteiger charge is -1.99. The summed E-state index contributed by atoms with van der Waals surface area (Å²) in [5.41, 5.74) is 3.21. The fraction of sp³-hybridized carbons (Fsp3) is 0. The number of hydrogen-bond donors (Lipinski definition) is 0. The van der Waals surface area contributed by atoms with Gasteiger partial charge in [-0.05, 0) is 24.3 Å². The number of thiazole rings is 1. The average Bonchev–Trinajstić information content (AvgIpc) is 2.96. The number of halogens is 2. The van der Waals surface area contributed by atoms with Gasteiger partial charge in [0.2, 0.25) is 0 Å². The fourth-order valence-electron chi connectivity index (χ4n) is 2.27. The Morgan fingerprint density at radius 2 is 2.00 bits per heavy atom. The summed E-state index contributed by atoms with van der Waals surface area (Å²) in [4.78, 5) is 5.70. The van der Waals surface area contributed by atoms with Crippen molar-refractivity contribution in [1.82, 2.24) is 9.38 Å². The molecule has 0 atom stereocenters. The molecule has 0 saturated carbocycles. The zero-order valence-electron chi connectivity index (χ0n) is 10.2. The SMILES string of the molecule is Clc1ccc2c(c1)sc1nc(-c3ccccc3Br)cn12. The van der Waals surface area contributed by atoms with Crippen molar-refractivity contribution in [1.29, 1.82) is 0 Å². The summed E-state index contributed by atoms with van der Waals surface area (Å²) in [7, 11) is 0. The van der Waals surface area contributed by atoms with Crippen LogP contribution < -0.4 is 0 Å². The Morgan fingerprint density at radius 1 is 1.15 bits per heavy atom. The molecule has 0 aliphatic carbocycles. The first-order chi connectivity index (χ1) is 9.72. The van der Waals surface area contributed by atoms with Crippen LogP contribution in [0.25, 0.3) is 26.4 Å². The van der Waals surface area contributed by atoms with Crippen LogP contribution in [0, 0.1) is 0 Å². The van der Waals surface area contributed by atoms with Gasteiger partial charge in [-0.1, -0.05) is 57.1 Å². The Balaban J connectivity index is 1.98. The van der Waals surface area contributed by atoms with E-state index in [4.69, 9.17) is 16.6 Å². The molecule has 20 heavy (non-hydrogen) atoms. The van der Waals surface area contributed by atoms with Crippen LogP contribution in [0.4, 0.5) is 0 Å². The second kappa shape index (κ2) is 4.58. The van der Waals surface area contributed by atoms with E-state index in [1.165, 1.54) is 0 Å². The maximum absolute atomic E-state index is 6.03. The van der Waals surface area contributed by atoms with E-state index in [0.29, 0.717) is 0 Å². The second-order valence-electron chi connectivity index (χ2n) is 4.47. The van der Waals surface area contributed by atoms with E-state index in [0.717, 1.165) is 35.9 Å². The minimum absolute atomic E-state index is 0.757. The highest BCUT2D eigenvalue weighted by Crippen LogP contribution is 2.33. The van der Waals surface area contributed by atoms with E-state index >= 15 is 0 Å². The van der Waals surface area contributed by atoms with Crippen molar-refractivity contribution >= 4 is 54.0 Å². The summed E-state index contributed by atoms with van der Waals surface area (Å²) in [5.74, 6) is 0. The van der Waals surface area contributed by atoms with Crippen molar-refractivity contribution in [3.05, 3.63) is 58.2 Å². The van der Waals surface area contributed by atoms with Gasteiger partial charge in [0.15, 0.2) is 4.96 Å². The quantitative estimate of drug-likeness (QED) is 0.428. The largest absolute Gasteiger partial charge is 0.290 e. The van der Waals surface area contributed by atoms with E-state index in [1.807, 2.05) is 36.4 Å². The number of imidazole rings is 1. The molecule has 0 bridgehead atoms. The number of benzene rings is 2. The van der Waals surface area contributed by atoms with Gasteiger partial charge in [0.05, 0.1) is 15.9 Å². The number of nitrogens with zero attached hydrogens (tertiary/aromatic N) is 2. The smallest absolute Gasteiger partial charge is 0.195 e. The molecule has 0 saturated heterocycles. The second-order valence-corrected chi connectivity index (χ2v) is 6.77. The third kappa shape index (κ3) is 1.87. The van der Waals surface area contributed by atoms with Crippen molar-refractivity contribution in [3.8, 4) is 11.3 Å². The van der Waals surface area contributed by atoms with Gasteiger partial charge < -0.3 is 0 Å². The molecular weight excluding hydrogens is 356 g/mol. The molecule has 98 valence electrons. The Bertz CT molecular complexity index is 942. The van der Waals surface area contributed by atoms with Gasteiger partial charge >= 0.3 is 0 Å². The molecule has 4 rings (SSSR count). The summed E-state index contributed by atoms with van der Waals surface area (Å²) in [6, 6.07) is 14.0. The number of aromatic nitrogens is 2. The Hall–Kier alpha value is -1.36. The zero-order chi connectivity index (χ0) is 13.7. The molecule has 2 aromatic heterocycles. The first kappa shape index (κ1) is 12.4. The van der Waals surface area contributed by atoms with Gasteiger partial charge in [0, 0.05) is 21.3 Å². The predicted molar refractivity (Wildman–Crippen MR) is 88.7 cm³/mol. The van der Waals surface area contributed by atoms with Crippen LogP contribution in [-0.2, 0) is 0 Å². The molecular formula is C15H8BrClN2S. The highest BCUT2D eigenvalue weighted by molar-refractivity contribution is 9.10. The maximum atomic E-state index is 6.03. The highest BCUT2D eigenvalue weighted by atomic mass is 79.9. The van der Waals surface area contributed by atoms with Crippen molar-refractivity contribution < 1.29 is 0 Å². The van der Waals surface area contributed by atoms with Crippen molar-refractivity contribution in [2.45, 2.75) is 0 Å². The predicted octanol–water partition coefficient (Wildman–Crippen LogP) is 5.63. The third-order valence-electron chi connectivity index (χ3n) is 3.21. The van der Waals surface area contributed by atoms with Crippen LogP contribution in [-0.4, -0.2) is 9.38 Å². The highest BCUT2D eigenvalue weighted by Gasteiger charge is 2.11. The molecule has 0 N–H and O–H groups in total. The summed E-state index contributed by atoms with van der Waals surface area (Å²) in [6.45, 7) is 0. The summed E-state index contributed by atoms with van der Waals surface area (Å²) < 4.78 is 4.32. The van der Waals surface area contributed by atoms with Crippen LogP contribution in [0.15, 0.2) is 53.1 Å². The monoisotopic (exact) mass is 362 g/mol. The van der Waals surface area contributed by atoms with Crippen molar-refractivity contribution in [2.24, 2.45) is 0 Å². The summed E-state index contributed by atoms with van der Waals surface area (Å²) >= 11 is 11.3. The van der Waals surface area contributed by atoms with E-state index in [2.05, 4.69) is 32.6 Å². The Kier molecular flexibility index (Phi) is 2.84. The van der Waals surface area contributed by atoms with Gasteiger partial charge in [0.25, 0.3) is 0 Å². The van der Waals surface area contributed by atoms with Gasteiger partial charge in [-0.25, -0.2) is 4.98 Å². The molecule has 0 radical (unpaired) electrons. The van der Waals surface area contributed by atoms with Gasteiger partial charge in [-0.2, -0.15) is 0 Å². The van der Waals surface area contributed by atoms with Crippen LogP contribution in [0.2, 0.25) is 5.02 Å². The van der Waals surface area contributed by atoms with Crippen molar-refractivity contribution in [3.63, 3.8) is 0 Å². The third-order valence-corrected chi connectivity index (χ3v) is 5.15. The summed E-state index contributed by atoms with van der Waals surface area (Å²) in [5, 5.41) is 0.757. The lowest BCUT2D eigenvalue weighted by atomic mass is 10.2. The first-order valence-electron chi connectivity index (χ1n) is 6.04. The minimum atomic E-state index is 0.757. The van der Waals surface area contributed by atoms with E-state index in [9.17, 15) is 0 Å². The lowest BCUT2D eigenvalue weighted by Crippen LogP contribution is -1.79. The maximum Gasteiger partial charge on any atom is 0.195 e. The van der Waals surface area contributed by atoms with Crippen LogP contribution in [0.3, 0.4) is 0 Å². The molecule has 0 aliphatic rings. The molecule has 0 amide bonds. The number of hydrogen-bond acceptors (Lipinski definition) is 2. The van der Waals surface area contributed by atoms with Gasteiger partial charge in [0.1, 0.15) is 0 Å². The molecule has 0 aliphatic heterocycles. The average molecular weight is 364 g/mol. The molecule has 0 spiro atoms. The number of fused-ring (bicyclic) bond motifs is 3. The van der Waals surface area contributed by atoms with Crippen molar-refractivity contribution in [2.75, 3.05) is 0 Å². The molecule has 0 unspecified atom stereocenters. The number of rotatable bonds is 1. The zero-order valence-corrected chi connectivity index (χ0v) is 13.3. The van der Waals surface area contributed by atoms with E-state index < -0.39 is 0 Å². The van der Waals surface area contributed by atoms with Crippen LogP contribution in [0.1, 0.15) is 0 Å². The van der Waals surface area contributed by atoms with Crippen LogP contribution >= 0.6 is 38.9 Å². The molecule has 2 aromatic carbocycles. The standard InChI is InChI=1S/C15H8BrClN2S/c16-11-4-2-1-3-10(11)12-8-19-13-6-5-9(17)7-14(13)20-15(19)18-12/h1-8H. The normalized spacial score (nSPS) is 11.5. The molecule has 4 aromatic rings. The van der Waals surface area contributed by atoms with Crippen LogP contribution in [0.5, 0.6) is 0 Å². The Labute approximate surface area is 132 Å². The first-order valence-corrected chi connectivity index (χ1v) is 8.03. The van der Waals surface area contributed by atoms with Gasteiger partial charge in [-0.15, -0.1) is 0 Å². The molecule has 5 heteroatoms. The Morgan fingerprint density at radius 3 is 2.85 bits per heavy atom. The lowest BCUT2D eigenvalue weighted by molar-refractivity contribution is 1.30. The topological polar surface area (TPSA) is 17.3 Å².